The van der Waals surface area contributed by atoms with Crippen molar-refractivity contribution in [3.63, 3.8) is 0 Å². The van der Waals surface area contributed by atoms with Gasteiger partial charge >= 0.3 is 11.9 Å². The summed E-state index contributed by atoms with van der Waals surface area (Å²) in [5.41, 5.74) is -0.220. The van der Waals surface area contributed by atoms with Crippen molar-refractivity contribution in [2.45, 2.75) is 272 Å². The van der Waals surface area contributed by atoms with E-state index in [2.05, 4.69) is 19.7 Å². The molecule has 81 heavy (non-hydrogen) atoms. The van der Waals surface area contributed by atoms with Crippen LogP contribution in [0.2, 0.25) is 0 Å². The van der Waals surface area contributed by atoms with Gasteiger partial charge in [0.2, 0.25) is 0 Å². The highest BCUT2D eigenvalue weighted by molar-refractivity contribution is 6.30. The van der Waals surface area contributed by atoms with Crippen molar-refractivity contribution in [3.8, 4) is 0 Å². The average Bonchev–Trinajstić information content (AvgIpc) is 3.54. The molecule has 2 spiro atoms. The molecule has 19 nitrogen and oxygen atoms in total. The van der Waals surface area contributed by atoms with Crippen LogP contribution in [-0.2, 0) is 57.0 Å². The number of aliphatic hydroxyl groups is 7. The van der Waals surface area contributed by atoms with Gasteiger partial charge in [-0.05, 0) is 64.4 Å². The Labute approximate surface area is 483 Å². The van der Waals surface area contributed by atoms with Crippen LogP contribution in [0.15, 0.2) is 60.2 Å². The molecule has 7 N–H and O–H groups in total. The van der Waals surface area contributed by atoms with Gasteiger partial charge in [-0.2, -0.15) is 0 Å². The molecule has 23 atom stereocenters. The van der Waals surface area contributed by atoms with Crippen molar-refractivity contribution in [2.75, 3.05) is 7.11 Å². The zero-order chi connectivity index (χ0) is 59.4. The van der Waals surface area contributed by atoms with E-state index < -0.39 is 144 Å². The Kier molecular flexibility index (Phi) is 22.3. The van der Waals surface area contributed by atoms with E-state index in [9.17, 15) is 50.1 Å². The van der Waals surface area contributed by atoms with E-state index in [1.54, 1.807) is 34.8 Å². The topological polar surface area (TPSA) is 276 Å². The van der Waals surface area contributed by atoms with Gasteiger partial charge in [-0.3, -0.25) is 14.4 Å². The normalized spacial score (nSPS) is 45.3. The van der Waals surface area contributed by atoms with Gasteiger partial charge in [-0.15, -0.1) is 0 Å². The molecule has 0 unspecified atom stereocenters. The Bertz CT molecular complexity index is 2270. The van der Waals surface area contributed by atoms with E-state index >= 15 is 0 Å². The van der Waals surface area contributed by atoms with Crippen molar-refractivity contribution in [1.82, 2.24) is 0 Å². The second-order valence-corrected chi connectivity index (χ2v) is 25.6. The van der Waals surface area contributed by atoms with E-state index in [0.717, 1.165) is 0 Å². The number of esters is 2. The molecule has 0 saturated carbocycles. The molecule has 7 heterocycles. The number of rotatable bonds is 8. The standard InChI is InChI=1S/C61H93ClO19/c1-33(21-41(64)19-18-35(3)62)22-51-53(69)55-39(7)56(75-51)57(70)61(72)31-49(67)37(5)50(81-61)17-13-11-12-15-43-24-42(65)28-60(78-43)30-46(73-10)25-45(79-60)26-48(66)38(6)54(74-40(8)63)36(4)34(2)23-47-29-58(9,71)32-59(80-47)20-14-16-44(77-59)27-52(68)76-55/h12,15,18-19,36-39,41-47,49-51,53-57,64-65,67,69-72H,1-3,11,13-14,16-17,20-32H2,4-10H3/b15-12-,19-18+/t36-,37+,38+,39+,41-,42+,43-,44-,45-,46-,47+,49-,50+,51+,53+,54-,55+,56+,57+,58+,59-,60+,61+/m0/s1. The second kappa shape index (κ2) is 27.6. The zero-order valence-electron chi connectivity index (χ0n) is 48.5. The van der Waals surface area contributed by atoms with Crippen molar-refractivity contribution in [1.29, 1.82) is 0 Å². The summed E-state index contributed by atoms with van der Waals surface area (Å²) >= 11 is 5.88. The van der Waals surface area contributed by atoms with E-state index in [1.165, 1.54) is 19.1 Å². The Morgan fingerprint density at radius 1 is 0.864 bits per heavy atom. The minimum atomic E-state index is -2.36. The Balaban J connectivity index is 1.18. The van der Waals surface area contributed by atoms with Crippen LogP contribution in [0.25, 0.3) is 0 Å². The van der Waals surface area contributed by atoms with Gasteiger partial charge in [-0.1, -0.05) is 88.4 Å². The fraction of sp³-hybridized carbons (Fsp3) is 0.787. The van der Waals surface area contributed by atoms with Gasteiger partial charge < -0.3 is 78.4 Å². The molecule has 6 fully saturated rings. The number of hydrogen-bond donors (Lipinski definition) is 7. The fourth-order valence-electron chi connectivity index (χ4n) is 13.8. The maximum Gasteiger partial charge on any atom is 0.308 e. The second-order valence-electron chi connectivity index (χ2n) is 25.2. The predicted octanol–water partition coefficient (Wildman–Crippen LogP) is 6.37. The summed E-state index contributed by atoms with van der Waals surface area (Å²) in [7, 11) is 1.59. The lowest BCUT2D eigenvalue weighted by Gasteiger charge is -2.51. The highest BCUT2D eigenvalue weighted by atomic mass is 35.5. The minimum Gasteiger partial charge on any atom is -0.461 e. The molecule has 458 valence electrons. The zero-order valence-corrected chi connectivity index (χ0v) is 49.3. The molecule has 20 heteroatoms. The number of carbonyl (C=O) groups excluding carboxylic acids is 3. The number of methoxy groups -OCH3 is 1. The first kappa shape index (κ1) is 65.6. The Morgan fingerprint density at radius 3 is 2.28 bits per heavy atom. The highest BCUT2D eigenvalue weighted by Crippen LogP contribution is 2.47. The molecule has 0 aromatic carbocycles. The third-order valence-corrected chi connectivity index (χ3v) is 18.1. The smallest absolute Gasteiger partial charge is 0.308 e. The number of carbonyl (C=O) groups is 3. The molecule has 7 aliphatic rings. The minimum absolute atomic E-state index is 0.0350. The number of allylic oxidation sites excluding steroid dienone is 3. The number of ketones is 1. The average molecular weight is 1170 g/mol. The molecule has 0 aromatic heterocycles. The van der Waals surface area contributed by atoms with Crippen LogP contribution in [0.1, 0.15) is 157 Å². The molecule has 10 bridgehead atoms. The summed E-state index contributed by atoms with van der Waals surface area (Å²) in [5.74, 6) is -9.24. The summed E-state index contributed by atoms with van der Waals surface area (Å²) in [6.07, 6.45) is -4.25. The lowest BCUT2D eigenvalue weighted by atomic mass is 9.78. The molecule has 6 saturated heterocycles. The summed E-state index contributed by atoms with van der Waals surface area (Å²) in [6, 6.07) is 0. The first-order valence-corrected chi connectivity index (χ1v) is 29.7. The number of halogens is 1. The predicted molar refractivity (Wildman–Crippen MR) is 297 cm³/mol. The van der Waals surface area contributed by atoms with Gasteiger partial charge in [0.1, 0.15) is 30.2 Å². The molecule has 0 radical (unpaired) electrons. The molecule has 7 aliphatic heterocycles. The summed E-state index contributed by atoms with van der Waals surface area (Å²) in [5, 5.41) is 82.2. The van der Waals surface area contributed by atoms with Gasteiger partial charge in [0.15, 0.2) is 17.4 Å². The maximum atomic E-state index is 14.4. The third-order valence-electron chi connectivity index (χ3n) is 18.0. The summed E-state index contributed by atoms with van der Waals surface area (Å²) in [4.78, 5) is 41.3. The molecule has 7 rings (SSSR count). The fourth-order valence-corrected chi connectivity index (χ4v) is 13.8. The number of Topliss-reactive ketones (excluding diaryl/α,β-unsaturated/α-hetero) is 1. The van der Waals surface area contributed by atoms with Crippen molar-refractivity contribution in [3.05, 3.63) is 60.2 Å². The quantitative estimate of drug-likeness (QED) is 0.0790. The van der Waals surface area contributed by atoms with Crippen LogP contribution in [0, 0.1) is 23.7 Å². The molecule has 0 aliphatic carbocycles. The molecular weight excluding hydrogens is 1070 g/mol. The van der Waals surface area contributed by atoms with Crippen LogP contribution >= 0.6 is 11.6 Å². The van der Waals surface area contributed by atoms with Crippen molar-refractivity contribution >= 4 is 29.3 Å². The first-order chi connectivity index (χ1) is 38.0. The van der Waals surface area contributed by atoms with Gasteiger partial charge in [0.25, 0.3) is 0 Å². The highest BCUT2D eigenvalue weighted by Gasteiger charge is 2.57. The van der Waals surface area contributed by atoms with E-state index in [4.69, 9.17) is 54.2 Å². The maximum absolute atomic E-state index is 14.4. The van der Waals surface area contributed by atoms with E-state index in [-0.39, 0.29) is 74.7 Å². The Hall–Kier alpha value is -2.96. The van der Waals surface area contributed by atoms with E-state index in [1.807, 2.05) is 19.1 Å². The van der Waals surface area contributed by atoms with Crippen molar-refractivity contribution < 1.29 is 92.8 Å². The third kappa shape index (κ3) is 16.9. The van der Waals surface area contributed by atoms with E-state index in [0.29, 0.717) is 68.9 Å². The number of hydrogen-bond acceptors (Lipinski definition) is 19. The Morgan fingerprint density at radius 2 is 1.58 bits per heavy atom. The lowest BCUT2D eigenvalue weighted by molar-refractivity contribution is -0.350. The van der Waals surface area contributed by atoms with Gasteiger partial charge in [0.05, 0.1) is 85.1 Å². The van der Waals surface area contributed by atoms with Crippen LogP contribution in [0.4, 0.5) is 0 Å². The monoisotopic (exact) mass is 1160 g/mol. The molecule has 0 amide bonds. The van der Waals surface area contributed by atoms with Gasteiger partial charge in [0, 0.05) is 94.6 Å². The number of aliphatic hydroxyl groups excluding tert-OH is 5. The molecule has 0 aromatic rings. The van der Waals surface area contributed by atoms with Crippen LogP contribution in [0.3, 0.4) is 0 Å². The SMILES string of the molecule is C=C(Cl)/C=C/[C@H](O)CC(=C)C[C@H]1O[C@@H]2[C@H](C)[C@@H](OC(=O)C[C@@H]3CCC[C@]4(C[C@](C)(O)C[C@@H](CC(=C)[C@H](C)[C@H](OC(C)=O)[C@H](C)C(=O)C[C@@H]5C[C@H](OC)C[C@@]6(C[C@H](O)C[C@H](/C=C\CCC[C@H]7O[C@](O)(C[C@H](O)[C@H]7C)[C@@H]2O)O6)O5)O4)O3)[C@@H]1O. The summed E-state index contributed by atoms with van der Waals surface area (Å²) < 4.78 is 57.6. The first-order valence-electron chi connectivity index (χ1n) is 29.4. The van der Waals surface area contributed by atoms with Gasteiger partial charge in [-0.25, -0.2) is 0 Å². The van der Waals surface area contributed by atoms with Crippen LogP contribution in [0.5, 0.6) is 0 Å². The summed E-state index contributed by atoms with van der Waals surface area (Å²) in [6.45, 7) is 22.1. The van der Waals surface area contributed by atoms with Crippen LogP contribution in [-0.4, -0.2) is 175 Å². The van der Waals surface area contributed by atoms with Crippen molar-refractivity contribution in [2.24, 2.45) is 23.7 Å². The molecular formula is C61H93ClO19. The van der Waals surface area contributed by atoms with Crippen LogP contribution < -0.4 is 0 Å². The number of ether oxygens (including phenoxy) is 9. The number of fused-ring (bicyclic) bond motifs is 8. The largest absolute Gasteiger partial charge is 0.461 e. The lowest BCUT2D eigenvalue weighted by Crippen LogP contribution is -2.65.